The third kappa shape index (κ3) is 4.12. The second kappa shape index (κ2) is 8.06. The number of nitrogens with zero attached hydrogens (tertiary/aromatic N) is 3. The number of ether oxygens (including phenoxy) is 2. The normalized spacial score (nSPS) is 22.5. The zero-order chi connectivity index (χ0) is 18.6. The molecule has 0 saturated carbocycles. The Bertz CT molecular complexity index is 783. The highest BCUT2D eigenvalue weighted by Gasteiger charge is 2.32. The Hall–Kier alpha value is -2.44. The van der Waals surface area contributed by atoms with Gasteiger partial charge < -0.3 is 14.4 Å². The molecule has 0 radical (unpaired) electrons. The van der Waals surface area contributed by atoms with Gasteiger partial charge in [0.15, 0.2) is 0 Å². The van der Waals surface area contributed by atoms with E-state index in [1.807, 2.05) is 41.3 Å². The maximum absolute atomic E-state index is 13.0. The molecule has 0 aliphatic carbocycles. The molecule has 1 saturated heterocycles. The first-order valence-corrected chi connectivity index (χ1v) is 9.48. The van der Waals surface area contributed by atoms with Gasteiger partial charge in [0.1, 0.15) is 12.7 Å². The smallest absolute Gasteiger partial charge is 0.241 e. The van der Waals surface area contributed by atoms with Crippen LogP contribution < -0.4 is 9.64 Å². The Kier molecular flexibility index (Phi) is 5.36. The van der Waals surface area contributed by atoms with Gasteiger partial charge in [-0.2, -0.15) is 0 Å². The molecule has 1 amide bonds. The SMILES string of the molecule is CC1Cc2ccccc2N1C(=O)CN1CCO[C@@H](COc2ccccn2)C1. The van der Waals surface area contributed by atoms with Crippen LogP contribution in [0, 0.1) is 0 Å². The Morgan fingerprint density at radius 1 is 1.26 bits per heavy atom. The van der Waals surface area contributed by atoms with E-state index in [0.29, 0.717) is 32.2 Å². The summed E-state index contributed by atoms with van der Waals surface area (Å²) in [5.74, 6) is 0.746. The van der Waals surface area contributed by atoms with Crippen molar-refractivity contribution < 1.29 is 14.3 Å². The van der Waals surface area contributed by atoms with E-state index in [1.54, 1.807) is 6.20 Å². The standard InChI is InChI=1S/C21H25N3O3/c1-16-12-17-6-2-3-7-19(17)24(16)21(25)14-23-10-11-26-18(13-23)15-27-20-8-4-5-9-22-20/h2-9,16,18H,10-15H2,1H3/t16?,18-/m1/s1. The van der Waals surface area contributed by atoms with Crippen molar-refractivity contribution >= 4 is 11.6 Å². The second-order valence-electron chi connectivity index (χ2n) is 7.15. The lowest BCUT2D eigenvalue weighted by Crippen LogP contribution is -2.50. The van der Waals surface area contributed by atoms with Gasteiger partial charge in [-0.15, -0.1) is 0 Å². The molecule has 0 N–H and O–H groups in total. The van der Waals surface area contributed by atoms with Crippen LogP contribution in [0.2, 0.25) is 0 Å². The fourth-order valence-electron chi connectivity index (χ4n) is 3.85. The number of carbonyl (C=O) groups is 1. The van der Waals surface area contributed by atoms with Crippen LogP contribution in [0.5, 0.6) is 5.88 Å². The molecule has 27 heavy (non-hydrogen) atoms. The number of para-hydroxylation sites is 1. The summed E-state index contributed by atoms with van der Waals surface area (Å²) in [4.78, 5) is 21.2. The minimum atomic E-state index is -0.0585. The van der Waals surface area contributed by atoms with Gasteiger partial charge in [-0.3, -0.25) is 9.69 Å². The van der Waals surface area contributed by atoms with Crippen LogP contribution in [0.1, 0.15) is 12.5 Å². The summed E-state index contributed by atoms with van der Waals surface area (Å²) in [5.41, 5.74) is 2.31. The highest BCUT2D eigenvalue weighted by atomic mass is 16.5. The molecule has 3 heterocycles. The van der Waals surface area contributed by atoms with Gasteiger partial charge in [0, 0.05) is 37.1 Å². The molecule has 1 fully saturated rings. The number of pyridine rings is 1. The van der Waals surface area contributed by atoms with Crippen molar-refractivity contribution in [2.75, 3.05) is 37.7 Å². The van der Waals surface area contributed by atoms with Crippen molar-refractivity contribution in [3.63, 3.8) is 0 Å². The molecule has 4 rings (SSSR count). The number of aromatic nitrogens is 1. The number of morpholine rings is 1. The van der Waals surface area contributed by atoms with Crippen molar-refractivity contribution in [2.24, 2.45) is 0 Å². The summed E-state index contributed by atoms with van der Waals surface area (Å²) < 4.78 is 11.5. The molecule has 2 atom stereocenters. The van der Waals surface area contributed by atoms with Crippen LogP contribution in [0.15, 0.2) is 48.7 Å². The summed E-state index contributed by atoms with van der Waals surface area (Å²) in [6.45, 7) is 5.00. The van der Waals surface area contributed by atoms with Gasteiger partial charge in [-0.1, -0.05) is 24.3 Å². The van der Waals surface area contributed by atoms with Crippen molar-refractivity contribution in [1.82, 2.24) is 9.88 Å². The van der Waals surface area contributed by atoms with E-state index in [-0.39, 0.29) is 18.1 Å². The zero-order valence-electron chi connectivity index (χ0n) is 15.6. The first kappa shape index (κ1) is 17.9. The van der Waals surface area contributed by atoms with Gasteiger partial charge in [-0.25, -0.2) is 4.98 Å². The summed E-state index contributed by atoms with van der Waals surface area (Å²) in [6, 6.07) is 14.0. The Morgan fingerprint density at radius 3 is 2.96 bits per heavy atom. The number of rotatable bonds is 5. The molecule has 2 aliphatic rings. The van der Waals surface area contributed by atoms with Crippen LogP contribution in [0.4, 0.5) is 5.69 Å². The van der Waals surface area contributed by atoms with Crippen LogP contribution in [-0.2, 0) is 16.0 Å². The fraction of sp³-hybridized carbons (Fsp3) is 0.429. The lowest BCUT2D eigenvalue weighted by atomic mass is 10.1. The number of carbonyl (C=O) groups excluding carboxylic acids is 1. The van der Waals surface area contributed by atoms with E-state index in [0.717, 1.165) is 18.7 Å². The number of amides is 1. The van der Waals surface area contributed by atoms with Crippen LogP contribution >= 0.6 is 0 Å². The average Bonchev–Trinajstić information content (AvgIpc) is 3.03. The number of benzene rings is 1. The monoisotopic (exact) mass is 367 g/mol. The predicted molar refractivity (Wildman–Crippen MR) is 103 cm³/mol. The van der Waals surface area contributed by atoms with Crippen LogP contribution in [0.25, 0.3) is 0 Å². The number of hydrogen-bond donors (Lipinski definition) is 0. The summed E-state index contributed by atoms with van der Waals surface area (Å²) in [6.07, 6.45) is 2.57. The fourth-order valence-corrected chi connectivity index (χ4v) is 3.85. The molecule has 2 aromatic rings. The summed E-state index contributed by atoms with van der Waals surface area (Å²) in [5, 5.41) is 0. The predicted octanol–water partition coefficient (Wildman–Crippen LogP) is 2.14. The second-order valence-corrected chi connectivity index (χ2v) is 7.15. The molecule has 142 valence electrons. The van der Waals surface area contributed by atoms with E-state index in [1.165, 1.54) is 5.56 Å². The third-order valence-corrected chi connectivity index (χ3v) is 5.11. The van der Waals surface area contributed by atoms with E-state index < -0.39 is 0 Å². The first-order valence-electron chi connectivity index (χ1n) is 9.48. The van der Waals surface area contributed by atoms with Crippen molar-refractivity contribution in [1.29, 1.82) is 0 Å². The molecule has 2 aliphatic heterocycles. The number of hydrogen-bond acceptors (Lipinski definition) is 5. The van der Waals surface area contributed by atoms with E-state index in [2.05, 4.69) is 22.9 Å². The first-order chi connectivity index (χ1) is 13.2. The summed E-state index contributed by atoms with van der Waals surface area (Å²) in [7, 11) is 0. The van der Waals surface area contributed by atoms with Gasteiger partial charge >= 0.3 is 0 Å². The molecule has 0 spiro atoms. The molecular formula is C21H25N3O3. The van der Waals surface area contributed by atoms with Crippen LogP contribution in [-0.4, -0.2) is 60.8 Å². The largest absolute Gasteiger partial charge is 0.475 e. The maximum atomic E-state index is 13.0. The highest BCUT2D eigenvalue weighted by molar-refractivity contribution is 5.97. The minimum Gasteiger partial charge on any atom is -0.475 e. The van der Waals surface area contributed by atoms with Gasteiger partial charge in [0.25, 0.3) is 0 Å². The molecule has 0 bridgehead atoms. The number of anilines is 1. The molecule has 1 unspecified atom stereocenters. The van der Waals surface area contributed by atoms with Crippen molar-refractivity contribution in [3.8, 4) is 5.88 Å². The van der Waals surface area contributed by atoms with Crippen LogP contribution in [0.3, 0.4) is 0 Å². The molecule has 1 aromatic heterocycles. The van der Waals surface area contributed by atoms with Gasteiger partial charge in [0.2, 0.25) is 11.8 Å². The van der Waals surface area contributed by atoms with E-state index >= 15 is 0 Å². The Balaban J connectivity index is 1.33. The minimum absolute atomic E-state index is 0.0585. The summed E-state index contributed by atoms with van der Waals surface area (Å²) >= 11 is 0. The van der Waals surface area contributed by atoms with E-state index in [4.69, 9.17) is 9.47 Å². The van der Waals surface area contributed by atoms with Gasteiger partial charge in [0.05, 0.1) is 13.2 Å². The maximum Gasteiger partial charge on any atom is 0.241 e. The van der Waals surface area contributed by atoms with Crippen molar-refractivity contribution in [3.05, 3.63) is 54.2 Å². The average molecular weight is 367 g/mol. The Morgan fingerprint density at radius 2 is 2.11 bits per heavy atom. The number of fused-ring (bicyclic) bond motifs is 1. The molecule has 1 aromatic carbocycles. The zero-order valence-corrected chi connectivity index (χ0v) is 15.6. The highest BCUT2D eigenvalue weighted by Crippen LogP contribution is 2.31. The Labute approximate surface area is 159 Å². The lowest BCUT2D eigenvalue weighted by molar-refractivity contribution is -0.122. The quantitative estimate of drug-likeness (QED) is 0.810. The van der Waals surface area contributed by atoms with E-state index in [9.17, 15) is 4.79 Å². The lowest BCUT2D eigenvalue weighted by Gasteiger charge is -2.34. The van der Waals surface area contributed by atoms with Crippen molar-refractivity contribution in [2.45, 2.75) is 25.5 Å². The molecule has 6 nitrogen and oxygen atoms in total. The topological polar surface area (TPSA) is 54.9 Å². The van der Waals surface area contributed by atoms with Gasteiger partial charge in [-0.05, 0) is 31.0 Å². The molecular weight excluding hydrogens is 342 g/mol. The third-order valence-electron chi connectivity index (χ3n) is 5.11. The molecule has 6 heteroatoms.